The van der Waals surface area contributed by atoms with E-state index in [0.29, 0.717) is 17.0 Å². The summed E-state index contributed by atoms with van der Waals surface area (Å²) >= 11 is 1.46. The van der Waals surface area contributed by atoms with Crippen LogP contribution in [0.25, 0.3) is 10.6 Å². The van der Waals surface area contributed by atoms with Crippen molar-refractivity contribution >= 4 is 29.0 Å². The minimum absolute atomic E-state index is 0.00243. The van der Waals surface area contributed by atoms with Crippen molar-refractivity contribution in [3.63, 3.8) is 0 Å². The highest BCUT2D eigenvalue weighted by atomic mass is 32.1. The zero-order valence-electron chi connectivity index (χ0n) is 16.3. The van der Waals surface area contributed by atoms with Crippen LogP contribution in [-0.4, -0.2) is 52.2 Å². The third-order valence-corrected chi connectivity index (χ3v) is 5.83. The molecule has 0 radical (unpaired) electrons. The normalized spacial score (nSPS) is 13.4. The number of ketones is 1. The summed E-state index contributed by atoms with van der Waals surface area (Å²) in [6.07, 6.45) is 3.48. The lowest BCUT2D eigenvalue weighted by molar-refractivity contribution is -0.141. The molecule has 1 amide bonds. The molecule has 1 fully saturated rings. The number of Topliss-reactive ketones (excluding diaryl/α,β-unsaturated/α-hetero) is 1. The fourth-order valence-corrected chi connectivity index (χ4v) is 4.12. The molecule has 2 aromatic heterocycles. The highest BCUT2D eigenvalue weighted by molar-refractivity contribution is 7.13. The standard InChI is InChI=1S/C22H21N3O4S/c26-19(16-10-18(23-12-16)22(28)25-8-4-5-9-25)13-29-20(27)11-17-14-30-21(24-17)15-6-2-1-3-7-15/h1-3,6-7,10,12,14,23H,4-5,8-9,11,13H2. The van der Waals surface area contributed by atoms with E-state index < -0.39 is 5.97 Å². The second-order valence-electron chi connectivity index (χ2n) is 7.07. The predicted molar refractivity (Wildman–Crippen MR) is 112 cm³/mol. The highest BCUT2D eigenvalue weighted by Crippen LogP contribution is 2.23. The van der Waals surface area contributed by atoms with E-state index in [-0.39, 0.29) is 24.7 Å². The summed E-state index contributed by atoms with van der Waals surface area (Å²) in [4.78, 5) is 45.8. The van der Waals surface area contributed by atoms with E-state index in [0.717, 1.165) is 36.5 Å². The first-order valence-electron chi connectivity index (χ1n) is 9.76. The van der Waals surface area contributed by atoms with Gasteiger partial charge in [0.25, 0.3) is 5.91 Å². The van der Waals surface area contributed by atoms with Gasteiger partial charge < -0.3 is 14.6 Å². The lowest BCUT2D eigenvalue weighted by Crippen LogP contribution is -2.27. The first-order chi connectivity index (χ1) is 14.6. The number of thiazole rings is 1. The maximum Gasteiger partial charge on any atom is 0.312 e. The number of ether oxygens (including phenoxy) is 1. The zero-order chi connectivity index (χ0) is 20.9. The van der Waals surface area contributed by atoms with Crippen molar-refractivity contribution in [2.24, 2.45) is 0 Å². The van der Waals surface area contributed by atoms with Gasteiger partial charge in [0.1, 0.15) is 10.7 Å². The van der Waals surface area contributed by atoms with Crippen molar-refractivity contribution in [3.05, 3.63) is 64.9 Å². The first-order valence-corrected chi connectivity index (χ1v) is 10.6. The number of amides is 1. The van der Waals surface area contributed by atoms with Crippen molar-refractivity contribution in [2.75, 3.05) is 19.7 Å². The second kappa shape index (κ2) is 9.04. The van der Waals surface area contributed by atoms with Crippen molar-refractivity contribution in [1.82, 2.24) is 14.9 Å². The Labute approximate surface area is 177 Å². The molecular weight excluding hydrogens is 402 g/mol. The van der Waals surface area contributed by atoms with Gasteiger partial charge >= 0.3 is 5.97 Å². The fourth-order valence-electron chi connectivity index (χ4n) is 3.30. The topological polar surface area (TPSA) is 92.4 Å². The van der Waals surface area contributed by atoms with Crippen molar-refractivity contribution < 1.29 is 19.1 Å². The lowest BCUT2D eigenvalue weighted by atomic mass is 10.2. The van der Waals surface area contributed by atoms with Crippen LogP contribution in [0.4, 0.5) is 0 Å². The van der Waals surface area contributed by atoms with Crippen LogP contribution in [0, 0.1) is 0 Å². The van der Waals surface area contributed by atoms with Gasteiger partial charge in [0, 0.05) is 35.8 Å². The molecule has 0 atom stereocenters. The van der Waals surface area contributed by atoms with E-state index in [1.807, 2.05) is 35.7 Å². The molecule has 0 spiro atoms. The molecule has 0 aliphatic carbocycles. The molecule has 3 heterocycles. The van der Waals surface area contributed by atoms with Gasteiger partial charge in [-0.1, -0.05) is 30.3 Å². The van der Waals surface area contributed by atoms with Crippen LogP contribution in [0.15, 0.2) is 48.0 Å². The Balaban J connectivity index is 1.28. The molecular formula is C22H21N3O4S. The molecule has 1 N–H and O–H groups in total. The number of hydrogen-bond donors (Lipinski definition) is 1. The molecule has 8 heteroatoms. The van der Waals surface area contributed by atoms with Crippen molar-refractivity contribution in [2.45, 2.75) is 19.3 Å². The molecule has 30 heavy (non-hydrogen) atoms. The third kappa shape index (κ3) is 4.65. The summed E-state index contributed by atoms with van der Waals surface area (Å²) in [5, 5.41) is 2.64. The number of carbonyl (C=O) groups excluding carboxylic acids is 3. The summed E-state index contributed by atoms with van der Waals surface area (Å²) in [6, 6.07) is 11.2. The maximum absolute atomic E-state index is 12.3. The molecule has 0 saturated carbocycles. The molecule has 4 rings (SSSR count). The number of H-pyrrole nitrogens is 1. The van der Waals surface area contributed by atoms with E-state index in [1.54, 1.807) is 4.90 Å². The Bertz CT molecular complexity index is 1050. The van der Waals surface area contributed by atoms with Crippen molar-refractivity contribution in [1.29, 1.82) is 0 Å². The Kier molecular flexibility index (Phi) is 6.04. The summed E-state index contributed by atoms with van der Waals surface area (Å²) in [5.41, 5.74) is 2.30. The number of aromatic nitrogens is 2. The summed E-state index contributed by atoms with van der Waals surface area (Å²) in [7, 11) is 0. The Hall–Kier alpha value is -3.26. The smallest absolute Gasteiger partial charge is 0.312 e. The van der Waals surface area contributed by atoms with Gasteiger partial charge in [0.05, 0.1) is 12.1 Å². The van der Waals surface area contributed by atoms with Gasteiger partial charge in [-0.25, -0.2) is 4.98 Å². The molecule has 0 unspecified atom stereocenters. The quantitative estimate of drug-likeness (QED) is 0.465. The minimum atomic E-state index is -0.517. The molecule has 7 nitrogen and oxygen atoms in total. The third-order valence-electron chi connectivity index (χ3n) is 4.89. The zero-order valence-corrected chi connectivity index (χ0v) is 17.1. The Morgan fingerprint density at radius 1 is 1.13 bits per heavy atom. The fraction of sp³-hybridized carbons (Fsp3) is 0.273. The molecule has 3 aromatic rings. The molecule has 1 aliphatic rings. The van der Waals surface area contributed by atoms with E-state index in [2.05, 4.69) is 9.97 Å². The molecule has 1 aliphatic heterocycles. The van der Waals surface area contributed by atoms with Crippen LogP contribution in [0.3, 0.4) is 0 Å². The largest absolute Gasteiger partial charge is 0.457 e. The van der Waals surface area contributed by atoms with Crippen LogP contribution in [0.2, 0.25) is 0 Å². The summed E-state index contributed by atoms with van der Waals surface area (Å²) < 4.78 is 5.11. The van der Waals surface area contributed by atoms with Crippen LogP contribution in [0.5, 0.6) is 0 Å². The van der Waals surface area contributed by atoms with Crippen LogP contribution >= 0.6 is 11.3 Å². The summed E-state index contributed by atoms with van der Waals surface area (Å²) in [6.45, 7) is 1.10. The number of carbonyl (C=O) groups is 3. The SMILES string of the molecule is O=C(Cc1csc(-c2ccccc2)n1)OCC(=O)c1c[nH]c(C(=O)N2CCCC2)c1. The minimum Gasteiger partial charge on any atom is -0.457 e. The number of rotatable bonds is 7. The molecule has 154 valence electrons. The maximum atomic E-state index is 12.3. The Morgan fingerprint density at radius 2 is 1.90 bits per heavy atom. The van der Waals surface area contributed by atoms with E-state index in [4.69, 9.17) is 4.74 Å². The Morgan fingerprint density at radius 3 is 2.67 bits per heavy atom. The van der Waals surface area contributed by atoms with E-state index in [1.165, 1.54) is 23.6 Å². The average molecular weight is 423 g/mol. The van der Waals surface area contributed by atoms with Gasteiger partial charge in [0.2, 0.25) is 5.78 Å². The number of hydrogen-bond acceptors (Lipinski definition) is 6. The summed E-state index contributed by atoms with van der Waals surface area (Å²) in [5.74, 6) is -0.984. The number of nitrogens with zero attached hydrogens (tertiary/aromatic N) is 2. The van der Waals surface area contributed by atoms with Gasteiger partial charge in [-0.2, -0.15) is 0 Å². The number of nitrogens with one attached hydrogen (secondary N) is 1. The van der Waals surface area contributed by atoms with Gasteiger partial charge in [0.15, 0.2) is 6.61 Å². The molecule has 1 saturated heterocycles. The molecule has 1 aromatic carbocycles. The van der Waals surface area contributed by atoms with Gasteiger partial charge in [-0.15, -0.1) is 11.3 Å². The number of likely N-dealkylation sites (tertiary alicyclic amines) is 1. The van der Waals surface area contributed by atoms with Gasteiger partial charge in [-0.05, 0) is 18.9 Å². The van der Waals surface area contributed by atoms with Crippen LogP contribution in [0.1, 0.15) is 39.4 Å². The number of aromatic amines is 1. The van der Waals surface area contributed by atoms with Crippen LogP contribution in [-0.2, 0) is 16.0 Å². The van der Waals surface area contributed by atoms with Crippen molar-refractivity contribution in [3.8, 4) is 10.6 Å². The van der Waals surface area contributed by atoms with E-state index >= 15 is 0 Å². The first kappa shape index (κ1) is 20.0. The number of esters is 1. The van der Waals surface area contributed by atoms with Crippen LogP contribution < -0.4 is 0 Å². The average Bonchev–Trinajstić information content (AvgIpc) is 3.54. The van der Waals surface area contributed by atoms with E-state index in [9.17, 15) is 14.4 Å². The number of benzene rings is 1. The highest BCUT2D eigenvalue weighted by Gasteiger charge is 2.22. The second-order valence-corrected chi connectivity index (χ2v) is 7.93. The monoisotopic (exact) mass is 423 g/mol. The van der Waals surface area contributed by atoms with Gasteiger partial charge in [-0.3, -0.25) is 14.4 Å². The molecule has 0 bridgehead atoms. The lowest BCUT2D eigenvalue weighted by Gasteiger charge is -2.13. The predicted octanol–water partition coefficient (Wildman–Crippen LogP) is 3.34.